The fourth-order valence-corrected chi connectivity index (χ4v) is 3.72. The maximum Gasteiger partial charge on any atom is 0.129 e. The molecule has 1 N–H and O–H groups in total. The molecule has 3 aromatic rings. The van der Waals surface area contributed by atoms with Crippen LogP contribution in [0.2, 0.25) is 0 Å². The molecule has 2 heterocycles. The molecule has 0 aliphatic heterocycles. The van der Waals surface area contributed by atoms with Crippen LogP contribution in [0.15, 0.2) is 55.0 Å². The van der Waals surface area contributed by atoms with Crippen molar-refractivity contribution in [2.24, 2.45) is 0 Å². The number of nitrogens with one attached hydrogen (secondary N) is 1. The van der Waals surface area contributed by atoms with Crippen LogP contribution < -0.4 is 10.1 Å². The number of aryl methyl sites for hydroxylation is 1. The number of para-hydroxylation sites is 1. The lowest BCUT2D eigenvalue weighted by molar-refractivity contribution is 0.335. The number of ether oxygens (including phenoxy) is 1. The normalized spacial score (nSPS) is 11.8. The molecule has 28 heavy (non-hydrogen) atoms. The number of rotatable bonds is 9. The van der Waals surface area contributed by atoms with Gasteiger partial charge in [-0.3, -0.25) is 4.98 Å². The second kappa shape index (κ2) is 10.1. The molecule has 0 spiro atoms. The topological polar surface area (TPSA) is 59.9 Å². The zero-order valence-electron chi connectivity index (χ0n) is 16.6. The summed E-state index contributed by atoms with van der Waals surface area (Å²) in [6, 6.07) is 14.3. The summed E-state index contributed by atoms with van der Waals surface area (Å²) in [6.07, 6.45) is 5.56. The molecular weight excluding hydrogens is 368 g/mol. The maximum absolute atomic E-state index is 5.83. The molecule has 0 saturated heterocycles. The van der Waals surface area contributed by atoms with E-state index in [0.717, 1.165) is 40.8 Å². The van der Waals surface area contributed by atoms with E-state index in [0.29, 0.717) is 12.5 Å². The molecule has 0 bridgehead atoms. The van der Waals surface area contributed by atoms with Crippen LogP contribution in [0.3, 0.4) is 0 Å². The molecule has 2 aromatic heterocycles. The number of thioether (sulfide) groups is 1. The van der Waals surface area contributed by atoms with Crippen molar-refractivity contribution in [3.05, 3.63) is 66.2 Å². The Balaban J connectivity index is 1.76. The van der Waals surface area contributed by atoms with Crippen LogP contribution in [0.25, 0.3) is 11.3 Å². The Morgan fingerprint density at radius 3 is 2.71 bits per heavy atom. The van der Waals surface area contributed by atoms with Gasteiger partial charge in [-0.1, -0.05) is 18.2 Å². The van der Waals surface area contributed by atoms with E-state index < -0.39 is 0 Å². The van der Waals surface area contributed by atoms with Crippen molar-refractivity contribution < 1.29 is 4.74 Å². The second-order valence-electron chi connectivity index (χ2n) is 6.48. The summed E-state index contributed by atoms with van der Waals surface area (Å²) < 4.78 is 5.83. The highest BCUT2D eigenvalue weighted by molar-refractivity contribution is 7.98. The molecule has 6 heteroatoms. The first-order chi connectivity index (χ1) is 13.7. The minimum Gasteiger partial charge on any atom is -0.494 e. The van der Waals surface area contributed by atoms with Gasteiger partial charge in [-0.05, 0) is 43.9 Å². The molecular formula is C22H26N4OS. The number of hydrogen-bond donors (Lipinski definition) is 1. The lowest BCUT2D eigenvalue weighted by Crippen LogP contribution is -2.17. The summed E-state index contributed by atoms with van der Waals surface area (Å²) in [5, 5.41) is 3.48. The number of anilines is 1. The van der Waals surface area contributed by atoms with Crippen molar-refractivity contribution in [2.45, 2.75) is 19.8 Å². The number of benzene rings is 1. The maximum atomic E-state index is 5.83. The van der Waals surface area contributed by atoms with Crippen molar-refractivity contribution in [2.75, 3.05) is 30.5 Å². The monoisotopic (exact) mass is 394 g/mol. The number of aromatic nitrogens is 3. The van der Waals surface area contributed by atoms with Crippen LogP contribution in [0.1, 0.15) is 24.1 Å². The van der Waals surface area contributed by atoms with Gasteiger partial charge in [0.15, 0.2) is 0 Å². The first-order valence-electron chi connectivity index (χ1n) is 9.41. The van der Waals surface area contributed by atoms with E-state index in [1.165, 1.54) is 5.56 Å². The molecule has 5 nitrogen and oxygen atoms in total. The predicted molar refractivity (Wildman–Crippen MR) is 117 cm³/mol. The van der Waals surface area contributed by atoms with Gasteiger partial charge < -0.3 is 10.1 Å². The van der Waals surface area contributed by atoms with Crippen LogP contribution in [-0.4, -0.2) is 40.1 Å². The van der Waals surface area contributed by atoms with E-state index >= 15 is 0 Å². The summed E-state index contributed by atoms with van der Waals surface area (Å²) >= 11 is 1.83. The molecule has 0 aliphatic carbocycles. The molecule has 0 saturated carbocycles. The van der Waals surface area contributed by atoms with Crippen molar-refractivity contribution in [3.63, 3.8) is 0 Å². The average molecular weight is 395 g/mol. The zero-order valence-corrected chi connectivity index (χ0v) is 17.4. The summed E-state index contributed by atoms with van der Waals surface area (Å²) in [4.78, 5) is 13.1. The quantitative estimate of drug-likeness (QED) is 0.562. The summed E-state index contributed by atoms with van der Waals surface area (Å²) in [7, 11) is 0. The van der Waals surface area contributed by atoms with Gasteiger partial charge in [0, 0.05) is 41.7 Å². The minimum absolute atomic E-state index is 0.317. The molecule has 146 valence electrons. The third-order valence-electron chi connectivity index (χ3n) is 4.43. The van der Waals surface area contributed by atoms with Crippen LogP contribution in [0.4, 0.5) is 5.82 Å². The Morgan fingerprint density at radius 1 is 1.11 bits per heavy atom. The molecule has 1 unspecified atom stereocenters. The van der Waals surface area contributed by atoms with Crippen LogP contribution in [0.5, 0.6) is 5.75 Å². The van der Waals surface area contributed by atoms with Gasteiger partial charge in [-0.2, -0.15) is 11.8 Å². The summed E-state index contributed by atoms with van der Waals surface area (Å²) in [6.45, 7) is 5.42. The molecule has 3 rings (SSSR count). The molecule has 1 aromatic carbocycles. The minimum atomic E-state index is 0.317. The second-order valence-corrected chi connectivity index (χ2v) is 7.39. The lowest BCUT2D eigenvalue weighted by Gasteiger charge is -2.20. The molecule has 0 radical (unpaired) electrons. The van der Waals surface area contributed by atoms with Gasteiger partial charge in [-0.25, -0.2) is 9.97 Å². The summed E-state index contributed by atoms with van der Waals surface area (Å²) in [5.41, 5.74) is 4.06. The first kappa shape index (κ1) is 20.1. The van der Waals surface area contributed by atoms with Crippen LogP contribution in [-0.2, 0) is 0 Å². The van der Waals surface area contributed by atoms with Crippen molar-refractivity contribution >= 4 is 17.6 Å². The van der Waals surface area contributed by atoms with Gasteiger partial charge in [0.2, 0.25) is 0 Å². The van der Waals surface area contributed by atoms with Crippen LogP contribution in [0, 0.1) is 6.92 Å². The largest absolute Gasteiger partial charge is 0.494 e. The predicted octanol–water partition coefficient (Wildman–Crippen LogP) is 4.80. The Bertz CT molecular complexity index is 886. The Kier molecular flexibility index (Phi) is 7.25. The van der Waals surface area contributed by atoms with Gasteiger partial charge in [-0.15, -0.1) is 0 Å². The average Bonchev–Trinajstić information content (AvgIpc) is 2.73. The van der Waals surface area contributed by atoms with Gasteiger partial charge >= 0.3 is 0 Å². The highest BCUT2D eigenvalue weighted by Crippen LogP contribution is 2.29. The Morgan fingerprint density at radius 2 is 1.96 bits per heavy atom. The molecule has 1 atom stereocenters. The van der Waals surface area contributed by atoms with Crippen molar-refractivity contribution in [3.8, 4) is 17.0 Å². The number of hydrogen-bond acceptors (Lipinski definition) is 6. The van der Waals surface area contributed by atoms with E-state index in [2.05, 4.69) is 38.7 Å². The van der Waals surface area contributed by atoms with Crippen LogP contribution >= 0.6 is 11.8 Å². The third-order valence-corrected chi connectivity index (χ3v) is 5.17. The lowest BCUT2D eigenvalue weighted by atomic mass is 10.00. The molecule has 0 amide bonds. The van der Waals surface area contributed by atoms with Gasteiger partial charge in [0.1, 0.15) is 17.9 Å². The van der Waals surface area contributed by atoms with Crippen molar-refractivity contribution in [1.82, 2.24) is 15.0 Å². The fraction of sp³-hybridized carbons (Fsp3) is 0.318. The van der Waals surface area contributed by atoms with E-state index in [1.54, 1.807) is 6.33 Å². The van der Waals surface area contributed by atoms with Crippen molar-refractivity contribution in [1.29, 1.82) is 0 Å². The smallest absolute Gasteiger partial charge is 0.129 e. The standard InChI is InChI=1S/C22H26N4OS/c1-4-27-21-8-6-5-7-19(21)18(14-28-3)13-24-22-11-20(25-15-26-22)17-10-9-16(2)23-12-17/h5-12,15,18H,4,13-14H2,1-3H3,(H,24,25,26). The van der Waals surface area contributed by atoms with E-state index in [-0.39, 0.29) is 0 Å². The van der Waals surface area contributed by atoms with E-state index in [4.69, 9.17) is 4.74 Å². The Hall–Kier alpha value is -2.60. The van der Waals surface area contributed by atoms with E-state index in [1.807, 2.05) is 62.1 Å². The van der Waals surface area contributed by atoms with Gasteiger partial charge in [0.05, 0.1) is 12.3 Å². The summed E-state index contributed by atoms with van der Waals surface area (Å²) in [5.74, 6) is 3.08. The number of nitrogens with zero attached hydrogens (tertiary/aromatic N) is 3. The highest BCUT2D eigenvalue weighted by atomic mass is 32.2. The Labute approximate surface area is 171 Å². The zero-order chi connectivity index (χ0) is 19.8. The molecule has 0 fully saturated rings. The molecule has 0 aliphatic rings. The third kappa shape index (κ3) is 5.23. The fourth-order valence-electron chi connectivity index (χ4n) is 3.02. The number of pyridine rings is 1. The highest BCUT2D eigenvalue weighted by Gasteiger charge is 2.16. The van der Waals surface area contributed by atoms with E-state index in [9.17, 15) is 0 Å². The SMILES string of the molecule is CCOc1ccccc1C(CNc1cc(-c2ccc(C)nc2)ncn1)CSC. The first-order valence-corrected chi connectivity index (χ1v) is 10.8. The van der Waals surface area contributed by atoms with Gasteiger partial charge in [0.25, 0.3) is 0 Å².